The van der Waals surface area contributed by atoms with Crippen molar-refractivity contribution in [2.24, 2.45) is 5.92 Å². The van der Waals surface area contributed by atoms with Crippen LogP contribution in [-0.4, -0.2) is 26.3 Å². The SMILES string of the molecule is Cc1ccc(C)c(S(=O)(=O)N(C)CC2CCC2)c1N. The Morgan fingerprint density at radius 1 is 1.26 bits per heavy atom. The van der Waals surface area contributed by atoms with Crippen LogP contribution in [0.2, 0.25) is 0 Å². The summed E-state index contributed by atoms with van der Waals surface area (Å²) in [4.78, 5) is 0.273. The van der Waals surface area contributed by atoms with Crippen LogP contribution in [0, 0.1) is 19.8 Å². The third-order valence-electron chi connectivity index (χ3n) is 4.02. The van der Waals surface area contributed by atoms with Gasteiger partial charge in [0.1, 0.15) is 4.90 Å². The number of nitrogens with two attached hydrogens (primary N) is 1. The number of hydrogen-bond acceptors (Lipinski definition) is 3. The van der Waals surface area contributed by atoms with Gasteiger partial charge in [-0.1, -0.05) is 18.6 Å². The van der Waals surface area contributed by atoms with Gasteiger partial charge in [0.15, 0.2) is 0 Å². The van der Waals surface area contributed by atoms with Gasteiger partial charge in [0.2, 0.25) is 10.0 Å². The highest BCUT2D eigenvalue weighted by atomic mass is 32.2. The zero-order valence-corrected chi connectivity index (χ0v) is 12.6. The van der Waals surface area contributed by atoms with Crippen molar-refractivity contribution in [1.82, 2.24) is 4.31 Å². The maximum atomic E-state index is 12.6. The van der Waals surface area contributed by atoms with Crippen molar-refractivity contribution in [2.45, 2.75) is 38.0 Å². The number of benzene rings is 1. The second kappa shape index (κ2) is 5.13. The van der Waals surface area contributed by atoms with Gasteiger partial charge in [-0.3, -0.25) is 0 Å². The van der Waals surface area contributed by atoms with E-state index in [-0.39, 0.29) is 4.90 Å². The molecule has 2 N–H and O–H groups in total. The van der Waals surface area contributed by atoms with Gasteiger partial charge in [-0.15, -0.1) is 0 Å². The van der Waals surface area contributed by atoms with E-state index in [0.29, 0.717) is 23.7 Å². The Balaban J connectivity index is 2.35. The molecule has 0 amide bonds. The first-order valence-corrected chi connectivity index (χ1v) is 8.10. The Labute approximate surface area is 115 Å². The van der Waals surface area contributed by atoms with Gasteiger partial charge in [0.25, 0.3) is 0 Å². The molecule has 2 rings (SSSR count). The van der Waals surface area contributed by atoms with Crippen molar-refractivity contribution >= 4 is 15.7 Å². The molecule has 0 radical (unpaired) electrons. The average molecular weight is 282 g/mol. The molecule has 1 aromatic rings. The highest BCUT2D eigenvalue weighted by Crippen LogP contribution is 2.31. The van der Waals surface area contributed by atoms with Gasteiger partial charge in [0, 0.05) is 13.6 Å². The molecule has 0 aliphatic heterocycles. The lowest BCUT2D eigenvalue weighted by molar-refractivity contribution is 0.263. The molecule has 0 heterocycles. The predicted molar refractivity (Wildman–Crippen MR) is 77.5 cm³/mol. The van der Waals surface area contributed by atoms with Crippen LogP contribution in [0.4, 0.5) is 5.69 Å². The van der Waals surface area contributed by atoms with Gasteiger partial charge in [0.05, 0.1) is 5.69 Å². The minimum Gasteiger partial charge on any atom is -0.397 e. The van der Waals surface area contributed by atoms with E-state index in [1.54, 1.807) is 14.0 Å². The van der Waals surface area contributed by atoms with Crippen LogP contribution < -0.4 is 5.73 Å². The lowest BCUT2D eigenvalue weighted by Gasteiger charge is -2.30. The molecule has 19 heavy (non-hydrogen) atoms. The molecule has 1 aliphatic carbocycles. The Bertz CT molecular complexity index is 577. The summed E-state index contributed by atoms with van der Waals surface area (Å²) < 4.78 is 26.7. The molecular weight excluding hydrogens is 260 g/mol. The predicted octanol–water partition coefficient (Wildman–Crippen LogP) is 2.31. The number of anilines is 1. The molecule has 0 aromatic heterocycles. The largest absolute Gasteiger partial charge is 0.397 e. The topological polar surface area (TPSA) is 63.4 Å². The third-order valence-corrected chi connectivity index (χ3v) is 6.05. The van der Waals surface area contributed by atoms with Crippen LogP contribution in [0.15, 0.2) is 17.0 Å². The van der Waals surface area contributed by atoms with Crippen LogP contribution in [0.1, 0.15) is 30.4 Å². The summed E-state index contributed by atoms with van der Waals surface area (Å²) in [5.74, 6) is 0.506. The molecule has 106 valence electrons. The highest BCUT2D eigenvalue weighted by molar-refractivity contribution is 7.89. The molecule has 0 saturated heterocycles. The first-order valence-electron chi connectivity index (χ1n) is 6.66. The maximum Gasteiger partial charge on any atom is 0.245 e. The monoisotopic (exact) mass is 282 g/mol. The Morgan fingerprint density at radius 2 is 1.84 bits per heavy atom. The Morgan fingerprint density at radius 3 is 2.37 bits per heavy atom. The zero-order chi connectivity index (χ0) is 14.2. The number of sulfonamides is 1. The summed E-state index contributed by atoms with van der Waals surface area (Å²) in [6, 6.07) is 3.67. The van der Waals surface area contributed by atoms with E-state index in [0.717, 1.165) is 18.4 Å². The van der Waals surface area contributed by atoms with Gasteiger partial charge in [-0.2, -0.15) is 0 Å². The number of rotatable bonds is 4. The fourth-order valence-corrected chi connectivity index (χ4v) is 4.07. The van der Waals surface area contributed by atoms with E-state index in [1.807, 2.05) is 19.1 Å². The van der Waals surface area contributed by atoms with Crippen molar-refractivity contribution in [3.63, 3.8) is 0 Å². The van der Waals surface area contributed by atoms with Gasteiger partial charge in [-0.05, 0) is 43.7 Å². The molecule has 0 spiro atoms. The van der Waals surface area contributed by atoms with E-state index in [2.05, 4.69) is 0 Å². The average Bonchev–Trinajstić information content (AvgIpc) is 2.28. The Kier molecular flexibility index (Phi) is 3.87. The minimum absolute atomic E-state index is 0.273. The fraction of sp³-hybridized carbons (Fsp3) is 0.571. The molecule has 0 bridgehead atoms. The van der Waals surface area contributed by atoms with Crippen molar-refractivity contribution < 1.29 is 8.42 Å². The first kappa shape index (κ1) is 14.3. The van der Waals surface area contributed by atoms with E-state index < -0.39 is 10.0 Å². The zero-order valence-electron chi connectivity index (χ0n) is 11.8. The summed E-state index contributed by atoms with van der Waals surface area (Å²) in [6.45, 7) is 4.22. The number of nitrogens with zero attached hydrogens (tertiary/aromatic N) is 1. The summed E-state index contributed by atoms with van der Waals surface area (Å²) >= 11 is 0. The molecular formula is C14H22N2O2S. The highest BCUT2D eigenvalue weighted by Gasteiger charge is 2.29. The Hall–Kier alpha value is -1.07. The van der Waals surface area contributed by atoms with Crippen molar-refractivity contribution in [3.05, 3.63) is 23.3 Å². The van der Waals surface area contributed by atoms with Crippen molar-refractivity contribution in [3.8, 4) is 0 Å². The van der Waals surface area contributed by atoms with Crippen molar-refractivity contribution in [2.75, 3.05) is 19.3 Å². The standard InChI is InChI=1S/C14H22N2O2S/c1-10-7-8-11(2)14(13(10)15)19(17,18)16(3)9-12-5-4-6-12/h7-8,12H,4-6,9,15H2,1-3H3. The molecule has 0 atom stereocenters. The maximum absolute atomic E-state index is 12.6. The van der Waals surface area contributed by atoms with Crippen LogP contribution in [0.5, 0.6) is 0 Å². The summed E-state index contributed by atoms with van der Waals surface area (Å²) in [5, 5.41) is 0. The summed E-state index contributed by atoms with van der Waals surface area (Å²) in [6.07, 6.45) is 3.47. The molecule has 0 unspecified atom stereocenters. The van der Waals surface area contributed by atoms with E-state index in [1.165, 1.54) is 10.7 Å². The normalized spacial score (nSPS) is 16.6. The molecule has 1 saturated carbocycles. The van der Waals surface area contributed by atoms with E-state index in [4.69, 9.17) is 5.73 Å². The lowest BCUT2D eigenvalue weighted by atomic mass is 9.86. The third kappa shape index (κ3) is 2.62. The van der Waals surface area contributed by atoms with Crippen molar-refractivity contribution in [1.29, 1.82) is 0 Å². The van der Waals surface area contributed by atoms with Gasteiger partial charge < -0.3 is 5.73 Å². The van der Waals surface area contributed by atoms with Crippen LogP contribution in [-0.2, 0) is 10.0 Å². The molecule has 1 aromatic carbocycles. The summed E-state index contributed by atoms with van der Waals surface area (Å²) in [7, 11) is -1.84. The smallest absolute Gasteiger partial charge is 0.245 e. The van der Waals surface area contributed by atoms with Crippen LogP contribution >= 0.6 is 0 Å². The summed E-state index contributed by atoms with van der Waals surface area (Å²) in [5.41, 5.74) is 7.87. The lowest BCUT2D eigenvalue weighted by Crippen LogP contribution is -2.35. The fourth-order valence-electron chi connectivity index (χ4n) is 2.44. The van der Waals surface area contributed by atoms with Gasteiger partial charge in [-0.25, -0.2) is 12.7 Å². The number of aryl methyl sites for hydroxylation is 2. The second-order valence-electron chi connectivity index (χ2n) is 5.52. The molecule has 1 aliphatic rings. The molecule has 5 heteroatoms. The quantitative estimate of drug-likeness (QED) is 0.862. The van der Waals surface area contributed by atoms with E-state index >= 15 is 0 Å². The van der Waals surface area contributed by atoms with Crippen LogP contribution in [0.25, 0.3) is 0 Å². The van der Waals surface area contributed by atoms with E-state index in [9.17, 15) is 8.42 Å². The van der Waals surface area contributed by atoms with Gasteiger partial charge >= 0.3 is 0 Å². The minimum atomic E-state index is -3.49. The molecule has 4 nitrogen and oxygen atoms in total. The van der Waals surface area contributed by atoms with Crippen LogP contribution in [0.3, 0.4) is 0 Å². The number of hydrogen-bond donors (Lipinski definition) is 1. The molecule has 1 fully saturated rings. The first-order chi connectivity index (χ1) is 8.84. The second-order valence-corrected chi connectivity index (χ2v) is 7.51. The number of nitrogen functional groups attached to an aromatic ring is 1.